The van der Waals surface area contributed by atoms with Crippen LogP contribution < -0.4 is 10.2 Å². The third-order valence-corrected chi connectivity index (χ3v) is 4.94. The second kappa shape index (κ2) is 9.64. The molecule has 0 saturated heterocycles. The first-order valence-electron chi connectivity index (χ1n) is 9.12. The topological polar surface area (TPSA) is 56.9 Å². The standard InChI is InChI=1S/C23H19Cl2N3O2/c1-15-11-16(13-20(12-15)26-2)22(29)14-28(21-9-5-18(25)6-10-21)23(30)27-19-7-3-17(24)4-8-19/h3-13,22,29H,14H2,1H3,(H,27,30). The summed E-state index contributed by atoms with van der Waals surface area (Å²) in [6.07, 6.45) is -0.989. The van der Waals surface area contributed by atoms with E-state index in [1.54, 1.807) is 66.7 Å². The van der Waals surface area contributed by atoms with Crippen molar-refractivity contribution in [1.82, 2.24) is 0 Å². The number of aliphatic hydroxyl groups excluding tert-OH is 1. The lowest BCUT2D eigenvalue weighted by Gasteiger charge is -2.26. The number of hydrogen-bond acceptors (Lipinski definition) is 2. The van der Waals surface area contributed by atoms with Gasteiger partial charge in [-0.25, -0.2) is 9.64 Å². The molecule has 2 amide bonds. The van der Waals surface area contributed by atoms with Gasteiger partial charge in [0.15, 0.2) is 5.69 Å². The number of amides is 2. The highest BCUT2D eigenvalue weighted by Crippen LogP contribution is 2.26. The van der Waals surface area contributed by atoms with Crippen LogP contribution in [0, 0.1) is 13.5 Å². The van der Waals surface area contributed by atoms with Gasteiger partial charge in [-0.3, -0.25) is 4.90 Å². The second-order valence-electron chi connectivity index (χ2n) is 6.75. The van der Waals surface area contributed by atoms with E-state index in [0.29, 0.717) is 32.7 Å². The van der Waals surface area contributed by atoms with E-state index in [0.717, 1.165) is 5.56 Å². The van der Waals surface area contributed by atoms with E-state index in [1.165, 1.54) is 4.90 Å². The molecule has 5 nitrogen and oxygen atoms in total. The number of carbonyl (C=O) groups excluding carboxylic acids is 1. The minimum absolute atomic E-state index is 0.0120. The molecule has 7 heteroatoms. The highest BCUT2D eigenvalue weighted by atomic mass is 35.5. The summed E-state index contributed by atoms with van der Waals surface area (Å²) in [7, 11) is 0. The lowest BCUT2D eigenvalue weighted by molar-refractivity contribution is 0.183. The number of rotatable bonds is 5. The van der Waals surface area contributed by atoms with Gasteiger partial charge in [-0.1, -0.05) is 47.0 Å². The normalized spacial score (nSPS) is 11.4. The Morgan fingerprint density at radius 1 is 1.07 bits per heavy atom. The Morgan fingerprint density at radius 2 is 1.67 bits per heavy atom. The maximum atomic E-state index is 13.0. The summed E-state index contributed by atoms with van der Waals surface area (Å²) < 4.78 is 0. The lowest BCUT2D eigenvalue weighted by atomic mass is 10.0. The fraction of sp³-hybridized carbons (Fsp3) is 0.130. The maximum Gasteiger partial charge on any atom is 0.326 e. The Hall–Kier alpha value is -3.04. The molecule has 0 aromatic heterocycles. The molecule has 3 aromatic carbocycles. The van der Waals surface area contributed by atoms with Crippen molar-refractivity contribution in [1.29, 1.82) is 0 Å². The van der Waals surface area contributed by atoms with E-state index >= 15 is 0 Å². The smallest absolute Gasteiger partial charge is 0.326 e. The zero-order valence-electron chi connectivity index (χ0n) is 16.1. The molecule has 0 radical (unpaired) electrons. The number of benzene rings is 3. The number of carbonyl (C=O) groups is 1. The lowest BCUT2D eigenvalue weighted by Crippen LogP contribution is -2.38. The van der Waals surface area contributed by atoms with Crippen LogP contribution in [-0.4, -0.2) is 17.7 Å². The summed E-state index contributed by atoms with van der Waals surface area (Å²) in [6.45, 7) is 9.07. The molecule has 3 aromatic rings. The Labute approximate surface area is 185 Å². The van der Waals surface area contributed by atoms with Gasteiger partial charge in [-0.15, -0.1) is 0 Å². The predicted octanol–water partition coefficient (Wildman–Crippen LogP) is 6.62. The van der Waals surface area contributed by atoms with Crippen molar-refractivity contribution in [2.45, 2.75) is 13.0 Å². The largest absolute Gasteiger partial charge is 0.387 e. The summed E-state index contributed by atoms with van der Waals surface area (Å²) in [5.74, 6) is 0. The third kappa shape index (κ3) is 5.52. The molecule has 0 fully saturated rings. The molecule has 2 N–H and O–H groups in total. The summed E-state index contributed by atoms with van der Waals surface area (Å²) >= 11 is 11.9. The molecule has 0 heterocycles. The zero-order valence-corrected chi connectivity index (χ0v) is 17.7. The number of hydrogen-bond donors (Lipinski definition) is 2. The first-order chi connectivity index (χ1) is 14.4. The highest BCUT2D eigenvalue weighted by Gasteiger charge is 2.21. The number of urea groups is 1. The Bertz CT molecular complexity index is 1080. The van der Waals surface area contributed by atoms with E-state index in [4.69, 9.17) is 29.8 Å². The van der Waals surface area contributed by atoms with E-state index in [2.05, 4.69) is 10.2 Å². The molecule has 3 rings (SSSR count). The van der Waals surface area contributed by atoms with E-state index in [1.807, 2.05) is 6.92 Å². The average Bonchev–Trinajstić information content (AvgIpc) is 2.73. The van der Waals surface area contributed by atoms with Gasteiger partial charge in [0.05, 0.1) is 19.2 Å². The SMILES string of the molecule is [C-]#[N+]c1cc(C)cc(C(O)CN(C(=O)Nc2ccc(Cl)cc2)c2ccc(Cl)cc2)c1. The predicted molar refractivity (Wildman–Crippen MR) is 122 cm³/mol. The second-order valence-corrected chi connectivity index (χ2v) is 7.63. The average molecular weight is 440 g/mol. The van der Waals surface area contributed by atoms with Crippen molar-refractivity contribution in [2.75, 3.05) is 16.8 Å². The molecular formula is C23H19Cl2N3O2. The van der Waals surface area contributed by atoms with Gasteiger partial charge in [0, 0.05) is 21.4 Å². The first-order valence-corrected chi connectivity index (χ1v) is 9.88. The molecule has 0 bridgehead atoms. The van der Waals surface area contributed by atoms with Crippen LogP contribution in [0.5, 0.6) is 0 Å². The molecule has 0 saturated carbocycles. The highest BCUT2D eigenvalue weighted by molar-refractivity contribution is 6.31. The molecular weight excluding hydrogens is 421 g/mol. The molecule has 1 unspecified atom stereocenters. The van der Waals surface area contributed by atoms with Gasteiger partial charge in [0.1, 0.15) is 0 Å². The molecule has 0 aliphatic carbocycles. The number of nitrogens with one attached hydrogen (secondary N) is 1. The van der Waals surface area contributed by atoms with Gasteiger partial charge < -0.3 is 10.4 Å². The molecule has 0 aliphatic rings. The van der Waals surface area contributed by atoms with Gasteiger partial charge in [-0.05, 0) is 61.0 Å². The summed E-state index contributed by atoms with van der Waals surface area (Å²) in [4.78, 5) is 17.9. The number of nitrogens with zero attached hydrogens (tertiary/aromatic N) is 2. The fourth-order valence-electron chi connectivity index (χ4n) is 2.98. The van der Waals surface area contributed by atoms with E-state index < -0.39 is 12.1 Å². The van der Waals surface area contributed by atoms with Crippen LogP contribution in [0.1, 0.15) is 17.2 Å². The summed E-state index contributed by atoms with van der Waals surface area (Å²) in [5.41, 5.74) is 3.01. The molecule has 0 spiro atoms. The van der Waals surface area contributed by atoms with Crippen molar-refractivity contribution in [3.8, 4) is 0 Å². The maximum absolute atomic E-state index is 13.0. The Morgan fingerprint density at radius 3 is 2.27 bits per heavy atom. The van der Waals surface area contributed by atoms with Crippen molar-refractivity contribution in [3.63, 3.8) is 0 Å². The van der Waals surface area contributed by atoms with Crippen LogP contribution in [0.4, 0.5) is 21.9 Å². The monoisotopic (exact) mass is 439 g/mol. The Kier molecular flexibility index (Phi) is 6.96. The number of halogens is 2. The number of aryl methyl sites for hydroxylation is 1. The minimum atomic E-state index is -0.989. The van der Waals surface area contributed by atoms with Crippen LogP contribution in [0.25, 0.3) is 4.85 Å². The number of aliphatic hydroxyl groups is 1. The van der Waals surface area contributed by atoms with Gasteiger partial charge in [-0.2, -0.15) is 0 Å². The van der Waals surface area contributed by atoms with Crippen LogP contribution in [0.15, 0.2) is 66.7 Å². The van der Waals surface area contributed by atoms with Crippen LogP contribution in [0.3, 0.4) is 0 Å². The van der Waals surface area contributed by atoms with E-state index in [-0.39, 0.29) is 6.54 Å². The van der Waals surface area contributed by atoms with Crippen molar-refractivity contribution in [3.05, 3.63) is 99.3 Å². The molecule has 1 atom stereocenters. The van der Waals surface area contributed by atoms with Gasteiger partial charge in [0.2, 0.25) is 0 Å². The minimum Gasteiger partial charge on any atom is -0.387 e. The fourth-order valence-corrected chi connectivity index (χ4v) is 3.23. The van der Waals surface area contributed by atoms with Crippen molar-refractivity contribution >= 4 is 46.3 Å². The van der Waals surface area contributed by atoms with Crippen LogP contribution in [-0.2, 0) is 0 Å². The van der Waals surface area contributed by atoms with Gasteiger partial charge >= 0.3 is 6.03 Å². The summed E-state index contributed by atoms with van der Waals surface area (Å²) in [5, 5.41) is 14.7. The third-order valence-electron chi connectivity index (χ3n) is 4.43. The first kappa shape index (κ1) is 21.7. The molecule has 30 heavy (non-hydrogen) atoms. The van der Waals surface area contributed by atoms with Crippen molar-refractivity contribution in [2.24, 2.45) is 0 Å². The van der Waals surface area contributed by atoms with Crippen LogP contribution in [0.2, 0.25) is 10.0 Å². The molecule has 0 aliphatic heterocycles. The van der Waals surface area contributed by atoms with Crippen molar-refractivity contribution < 1.29 is 9.90 Å². The van der Waals surface area contributed by atoms with Gasteiger partial charge in [0.25, 0.3) is 0 Å². The molecule has 152 valence electrons. The van der Waals surface area contributed by atoms with E-state index in [9.17, 15) is 9.90 Å². The number of anilines is 2. The quantitative estimate of drug-likeness (QED) is 0.438. The zero-order chi connectivity index (χ0) is 21.7. The van der Waals surface area contributed by atoms with Crippen LogP contribution >= 0.6 is 23.2 Å². The summed E-state index contributed by atoms with van der Waals surface area (Å²) in [6, 6.07) is 18.3. The Balaban J connectivity index is 1.88.